The van der Waals surface area contributed by atoms with E-state index < -0.39 is 0 Å². The molecule has 0 bridgehead atoms. The van der Waals surface area contributed by atoms with Crippen molar-refractivity contribution < 1.29 is 14.0 Å². The predicted molar refractivity (Wildman–Crippen MR) is 147 cm³/mol. The minimum absolute atomic E-state index is 0. The Hall–Kier alpha value is -3.13. The van der Waals surface area contributed by atoms with Crippen molar-refractivity contribution in [2.75, 3.05) is 0 Å². The maximum absolute atomic E-state index is 11.0. The van der Waals surface area contributed by atoms with Crippen LogP contribution in [-0.2, 0) is 13.1 Å². The van der Waals surface area contributed by atoms with Crippen LogP contribution >= 0.6 is 11.3 Å². The highest BCUT2D eigenvalue weighted by Gasteiger charge is 2.22. The second-order valence-electron chi connectivity index (χ2n) is 6.48. The van der Waals surface area contributed by atoms with Gasteiger partial charge in [-0.2, -0.15) is 0 Å². The van der Waals surface area contributed by atoms with E-state index in [4.69, 9.17) is 4.42 Å². The number of pyridine rings is 1. The van der Waals surface area contributed by atoms with Crippen molar-refractivity contribution in [2.45, 2.75) is 82.8 Å². The number of carbonyl (C=O) groups is 2. The van der Waals surface area contributed by atoms with Crippen molar-refractivity contribution in [2.24, 2.45) is 0 Å². The van der Waals surface area contributed by atoms with Gasteiger partial charge in [0.1, 0.15) is 11.5 Å². The number of carbonyl (C=O) groups excluding carboxylic acids is 2. The lowest BCUT2D eigenvalue weighted by Crippen LogP contribution is -2.12. The minimum atomic E-state index is -0.0370. The van der Waals surface area contributed by atoms with Crippen LogP contribution in [0.3, 0.4) is 0 Å². The fourth-order valence-electron chi connectivity index (χ4n) is 2.84. The van der Waals surface area contributed by atoms with Crippen LogP contribution in [0, 0.1) is 20.8 Å². The van der Waals surface area contributed by atoms with Gasteiger partial charge in [0.05, 0.1) is 24.2 Å². The summed E-state index contributed by atoms with van der Waals surface area (Å²) in [5.74, 6) is 1.63. The van der Waals surface area contributed by atoms with Crippen LogP contribution in [0.25, 0.3) is 0 Å². The van der Waals surface area contributed by atoms with Crippen LogP contribution in [0.5, 0.6) is 0 Å². The Bertz CT molecular complexity index is 1020. The van der Waals surface area contributed by atoms with Crippen molar-refractivity contribution in [3.63, 3.8) is 0 Å². The van der Waals surface area contributed by atoms with Gasteiger partial charge in [-0.25, -0.2) is 0 Å². The van der Waals surface area contributed by atoms with Gasteiger partial charge in [-0.3, -0.25) is 14.4 Å². The third kappa shape index (κ3) is 10.8. The molecule has 3 aromatic rings. The fraction of sp³-hybridized carbons (Fsp3) is 0.444. The van der Waals surface area contributed by atoms with Gasteiger partial charge in [0.25, 0.3) is 11.8 Å². The zero-order valence-corrected chi connectivity index (χ0v) is 22.7. The normalized spacial score (nSPS) is 11.2. The van der Waals surface area contributed by atoms with Crippen molar-refractivity contribution in [3.05, 3.63) is 78.8 Å². The molecule has 0 unspecified atom stereocenters. The second-order valence-corrected chi connectivity index (χ2v) is 7.82. The van der Waals surface area contributed by atoms with Crippen LogP contribution in [-0.4, -0.2) is 16.8 Å². The summed E-state index contributed by atoms with van der Waals surface area (Å²) in [4.78, 5) is 37.2. The molecule has 2 aliphatic rings. The maximum Gasteiger partial charge on any atom is 0.255 e. The summed E-state index contributed by atoms with van der Waals surface area (Å²) in [7, 11) is 0. The van der Waals surface area contributed by atoms with Gasteiger partial charge in [0.15, 0.2) is 0 Å². The summed E-state index contributed by atoms with van der Waals surface area (Å²) < 4.78 is 5.21. The smallest absolute Gasteiger partial charge is 0.255 e. The summed E-state index contributed by atoms with van der Waals surface area (Å²) in [6.07, 6.45) is 1.64. The van der Waals surface area contributed by atoms with Crippen molar-refractivity contribution in [1.82, 2.24) is 15.6 Å². The Morgan fingerprint density at radius 1 is 0.800 bits per heavy atom. The second kappa shape index (κ2) is 18.2. The number of rotatable bonds is 0. The molecule has 0 saturated carbocycles. The van der Waals surface area contributed by atoms with Gasteiger partial charge in [0, 0.05) is 22.0 Å². The Morgan fingerprint density at radius 3 is 1.86 bits per heavy atom. The number of aromatic amines is 1. The van der Waals surface area contributed by atoms with Gasteiger partial charge >= 0.3 is 0 Å². The van der Waals surface area contributed by atoms with Gasteiger partial charge in [-0.05, 0) is 44.5 Å². The molecule has 2 aliphatic heterocycles. The Balaban J connectivity index is 0. The summed E-state index contributed by atoms with van der Waals surface area (Å²) in [5.41, 5.74) is 2.53. The first-order valence-corrected chi connectivity index (χ1v) is 12.6. The molecule has 5 rings (SSSR count). The van der Waals surface area contributed by atoms with Gasteiger partial charge in [-0.1, -0.05) is 49.0 Å². The molecule has 0 saturated heterocycles. The molecule has 0 radical (unpaired) electrons. The molecule has 7 nitrogen and oxygen atoms in total. The third-order valence-electron chi connectivity index (χ3n) is 4.10. The molecule has 0 spiro atoms. The Morgan fingerprint density at radius 2 is 1.37 bits per heavy atom. The number of nitrogens with one attached hydrogen (secondary N) is 3. The van der Waals surface area contributed by atoms with E-state index >= 15 is 0 Å². The number of furan rings is 1. The third-order valence-corrected chi connectivity index (χ3v) is 5.15. The van der Waals surface area contributed by atoms with E-state index in [0.717, 1.165) is 29.2 Å². The number of hydrogen-bond acceptors (Lipinski definition) is 5. The number of aromatic nitrogens is 1. The average Bonchev–Trinajstić information content (AvgIpc) is 3.58. The molecule has 8 heteroatoms. The molecule has 3 aromatic heterocycles. The molecule has 196 valence electrons. The van der Waals surface area contributed by atoms with E-state index in [9.17, 15) is 14.4 Å². The highest BCUT2D eigenvalue weighted by atomic mass is 32.1. The summed E-state index contributed by atoms with van der Waals surface area (Å²) >= 11 is 1.70. The van der Waals surface area contributed by atoms with E-state index in [0.29, 0.717) is 12.1 Å². The van der Waals surface area contributed by atoms with Gasteiger partial charge < -0.3 is 20.0 Å². The lowest BCUT2D eigenvalue weighted by Gasteiger charge is -1.87. The largest absolute Gasteiger partial charge is 0.464 e. The molecular formula is C27H43N3O4S. The standard InChI is InChI=1S/C7H7NO2.C7H7NOS.C6H7NO.3C2H6.CH4/c2*1-4-2-5-6(10-4)3-8-7(5)9;1-5-2-3-7-6(8)4-5;3*1-2;/h2*2H,3H2,1H3,(H,8,9);2-4H,1H3,(H,7,8);3*1-2H3;1H4. The number of fused-ring (bicyclic) bond motifs is 2. The zero-order chi connectivity index (χ0) is 26.3. The van der Waals surface area contributed by atoms with Crippen LogP contribution < -0.4 is 16.2 Å². The number of aryl methyl sites for hydroxylation is 3. The van der Waals surface area contributed by atoms with E-state index in [2.05, 4.69) is 15.6 Å². The zero-order valence-electron chi connectivity index (χ0n) is 21.8. The predicted octanol–water partition coefficient (Wildman–Crippen LogP) is 6.53. The van der Waals surface area contributed by atoms with Crippen molar-refractivity contribution >= 4 is 23.2 Å². The van der Waals surface area contributed by atoms with Crippen LogP contribution in [0.2, 0.25) is 0 Å². The highest BCUT2D eigenvalue weighted by molar-refractivity contribution is 7.12. The molecule has 0 aromatic carbocycles. The number of thiophene rings is 1. The van der Waals surface area contributed by atoms with Crippen molar-refractivity contribution in [3.8, 4) is 0 Å². The van der Waals surface area contributed by atoms with Crippen LogP contribution in [0.4, 0.5) is 0 Å². The summed E-state index contributed by atoms with van der Waals surface area (Å²) in [5, 5.41) is 5.42. The lowest BCUT2D eigenvalue weighted by molar-refractivity contribution is 0.0957. The molecule has 0 fully saturated rings. The molecule has 35 heavy (non-hydrogen) atoms. The first-order chi connectivity index (χ1) is 16.3. The minimum Gasteiger partial charge on any atom is -0.464 e. The van der Waals surface area contributed by atoms with Crippen LogP contribution in [0.1, 0.15) is 96.5 Å². The summed E-state index contributed by atoms with van der Waals surface area (Å²) in [6, 6.07) is 7.11. The van der Waals surface area contributed by atoms with Crippen molar-refractivity contribution in [1.29, 1.82) is 0 Å². The Labute approximate surface area is 214 Å². The summed E-state index contributed by atoms with van der Waals surface area (Å²) in [6.45, 7) is 19.0. The number of amides is 2. The van der Waals surface area contributed by atoms with Crippen LogP contribution in [0.15, 0.2) is 39.7 Å². The van der Waals surface area contributed by atoms with E-state index in [1.165, 1.54) is 9.75 Å². The molecule has 2 amide bonds. The monoisotopic (exact) mass is 505 g/mol. The first-order valence-electron chi connectivity index (χ1n) is 11.7. The topological polar surface area (TPSA) is 104 Å². The average molecular weight is 506 g/mol. The Kier molecular flexibility index (Phi) is 17.7. The maximum atomic E-state index is 11.0. The highest BCUT2D eigenvalue weighted by Crippen LogP contribution is 2.25. The molecule has 0 atom stereocenters. The quantitative estimate of drug-likeness (QED) is 0.323. The van der Waals surface area contributed by atoms with E-state index in [1.54, 1.807) is 29.7 Å². The first kappa shape index (κ1) is 34.0. The SMILES string of the molecule is C.CC.CC.CC.Cc1cc2c(o1)CNC2=O.Cc1cc2c(s1)CNC2=O.Cc1cc[nH]c(=O)c1. The lowest BCUT2D eigenvalue weighted by atomic mass is 10.3. The molecule has 0 aliphatic carbocycles. The van der Waals surface area contributed by atoms with Gasteiger partial charge in [0.2, 0.25) is 5.56 Å². The number of hydrogen-bond donors (Lipinski definition) is 3. The fourth-order valence-corrected chi connectivity index (χ4v) is 3.81. The molecule has 5 heterocycles. The molecular weight excluding hydrogens is 462 g/mol. The van der Waals surface area contributed by atoms with E-state index in [1.807, 2.05) is 74.4 Å². The molecule has 3 N–H and O–H groups in total. The number of H-pyrrole nitrogens is 1. The van der Waals surface area contributed by atoms with E-state index in [-0.39, 0.29) is 24.8 Å². The van der Waals surface area contributed by atoms with Gasteiger partial charge in [-0.15, -0.1) is 11.3 Å².